The van der Waals surface area contributed by atoms with E-state index in [9.17, 15) is 18.3 Å². The second-order valence-corrected chi connectivity index (χ2v) is 6.33. The van der Waals surface area contributed by atoms with E-state index in [1.54, 1.807) is 24.5 Å². The van der Waals surface area contributed by atoms with Crippen LogP contribution in [0.2, 0.25) is 0 Å². The van der Waals surface area contributed by atoms with Crippen LogP contribution in [0.5, 0.6) is 5.75 Å². The van der Waals surface area contributed by atoms with Crippen LogP contribution in [0.25, 0.3) is 0 Å². The summed E-state index contributed by atoms with van der Waals surface area (Å²) < 4.78 is 30.3. The molecule has 0 aliphatic rings. The normalized spacial score (nSPS) is 11.5. The van der Waals surface area contributed by atoms with Gasteiger partial charge in [-0.2, -0.15) is 12.8 Å². The summed E-state index contributed by atoms with van der Waals surface area (Å²) in [6.45, 7) is 0.205. The standard InChI is InChI=1S/C18H20N2O5S/c21-16-6-4-15(5-7-16)13-17(20-26(23)24)18(22)25-12-2-1-3-14-8-10-19-11-9-14/h4-11,17,21H,1-3,12-13H2/t17-/m0/s1. The Kier molecular flexibility index (Phi) is 7.75. The third-order valence-electron chi connectivity index (χ3n) is 3.70. The van der Waals surface area contributed by atoms with E-state index >= 15 is 0 Å². The number of aryl methyl sites for hydroxylation is 1. The summed E-state index contributed by atoms with van der Waals surface area (Å²) in [6.07, 6.45) is 5.91. The van der Waals surface area contributed by atoms with Gasteiger partial charge in [0.25, 0.3) is 0 Å². The van der Waals surface area contributed by atoms with Crippen LogP contribution in [0.15, 0.2) is 53.2 Å². The minimum absolute atomic E-state index is 0.0874. The topological polar surface area (TPSA) is 106 Å². The molecule has 2 rings (SSSR count). The van der Waals surface area contributed by atoms with Crippen LogP contribution in [-0.4, -0.2) is 37.1 Å². The number of esters is 1. The molecule has 8 heteroatoms. The van der Waals surface area contributed by atoms with Gasteiger partial charge in [0.1, 0.15) is 5.75 Å². The molecule has 0 aliphatic heterocycles. The molecule has 0 spiro atoms. The zero-order valence-corrected chi connectivity index (χ0v) is 14.9. The number of ether oxygens (including phenoxy) is 1. The molecule has 0 amide bonds. The highest BCUT2D eigenvalue weighted by Gasteiger charge is 2.20. The Bertz CT molecular complexity index is 828. The Balaban J connectivity index is 1.82. The average molecular weight is 376 g/mol. The van der Waals surface area contributed by atoms with Gasteiger partial charge in [-0.05, 0) is 54.7 Å². The van der Waals surface area contributed by atoms with Crippen molar-refractivity contribution in [1.29, 1.82) is 0 Å². The van der Waals surface area contributed by atoms with Crippen molar-refractivity contribution < 1.29 is 23.1 Å². The minimum atomic E-state index is -2.71. The molecule has 0 unspecified atom stereocenters. The van der Waals surface area contributed by atoms with Gasteiger partial charge in [-0.3, -0.25) is 4.98 Å². The zero-order chi connectivity index (χ0) is 18.8. The largest absolute Gasteiger partial charge is 0.508 e. The quantitative estimate of drug-likeness (QED) is 0.532. The predicted molar refractivity (Wildman–Crippen MR) is 95.1 cm³/mol. The minimum Gasteiger partial charge on any atom is -0.508 e. The first kappa shape index (κ1) is 19.6. The van der Waals surface area contributed by atoms with Crippen LogP contribution in [0.4, 0.5) is 0 Å². The van der Waals surface area contributed by atoms with Gasteiger partial charge >= 0.3 is 16.5 Å². The van der Waals surface area contributed by atoms with E-state index in [1.165, 1.54) is 12.1 Å². The molecule has 138 valence electrons. The van der Waals surface area contributed by atoms with Gasteiger partial charge in [0.2, 0.25) is 0 Å². The Labute approximate surface area is 153 Å². The van der Waals surface area contributed by atoms with Crippen molar-refractivity contribution in [2.75, 3.05) is 6.61 Å². The van der Waals surface area contributed by atoms with E-state index < -0.39 is 22.5 Å². The highest BCUT2D eigenvalue weighted by atomic mass is 32.2. The van der Waals surface area contributed by atoms with Gasteiger partial charge in [0.15, 0.2) is 6.04 Å². The smallest absolute Gasteiger partial charge is 0.332 e. The number of nitrogens with zero attached hydrogens (tertiary/aromatic N) is 2. The van der Waals surface area contributed by atoms with Crippen LogP contribution in [0.1, 0.15) is 24.0 Å². The average Bonchev–Trinajstić information content (AvgIpc) is 2.63. The Morgan fingerprint density at radius 1 is 1.08 bits per heavy atom. The summed E-state index contributed by atoms with van der Waals surface area (Å²) >= 11 is 0. The predicted octanol–water partition coefficient (Wildman–Crippen LogP) is 2.33. The van der Waals surface area contributed by atoms with Crippen LogP contribution >= 0.6 is 0 Å². The van der Waals surface area contributed by atoms with Gasteiger partial charge in [0, 0.05) is 18.8 Å². The van der Waals surface area contributed by atoms with Gasteiger partial charge in [-0.15, -0.1) is 0 Å². The number of pyridine rings is 1. The first-order valence-corrected chi connectivity index (χ1v) is 9.21. The molecule has 1 aromatic carbocycles. The molecule has 7 nitrogen and oxygen atoms in total. The fourth-order valence-corrected chi connectivity index (χ4v) is 2.74. The Morgan fingerprint density at radius 2 is 1.77 bits per heavy atom. The molecule has 0 fully saturated rings. The molecular formula is C18H20N2O5S. The van der Waals surface area contributed by atoms with E-state index in [1.807, 2.05) is 12.1 Å². The number of phenolic OH excluding ortho intramolecular Hbond substituents is 1. The number of rotatable bonds is 9. The molecule has 1 aromatic heterocycles. The highest BCUT2D eigenvalue weighted by molar-refractivity contribution is 7.61. The van der Waals surface area contributed by atoms with Crippen LogP contribution in [-0.2, 0) is 32.9 Å². The van der Waals surface area contributed by atoms with Crippen LogP contribution in [0, 0.1) is 0 Å². The molecule has 26 heavy (non-hydrogen) atoms. The Hall–Kier alpha value is -2.74. The summed E-state index contributed by atoms with van der Waals surface area (Å²) in [4.78, 5) is 16.1. The number of benzene rings is 1. The number of unbranched alkanes of at least 4 members (excludes halogenated alkanes) is 1. The summed E-state index contributed by atoms with van der Waals surface area (Å²) in [5.74, 6) is -0.586. The van der Waals surface area contributed by atoms with Crippen molar-refractivity contribution in [2.45, 2.75) is 31.7 Å². The monoisotopic (exact) mass is 376 g/mol. The molecule has 0 radical (unpaired) electrons. The lowest BCUT2D eigenvalue weighted by atomic mass is 10.1. The Morgan fingerprint density at radius 3 is 2.42 bits per heavy atom. The molecule has 1 heterocycles. The van der Waals surface area contributed by atoms with Crippen LogP contribution < -0.4 is 0 Å². The first-order valence-electron chi connectivity index (χ1n) is 8.18. The maximum atomic E-state index is 12.1. The maximum Gasteiger partial charge on any atom is 0.332 e. The first-order chi connectivity index (χ1) is 12.5. The maximum absolute atomic E-state index is 12.1. The molecule has 1 N–H and O–H groups in total. The molecule has 2 aromatic rings. The lowest BCUT2D eigenvalue weighted by molar-refractivity contribution is -0.145. The molecule has 0 saturated carbocycles. The highest BCUT2D eigenvalue weighted by Crippen LogP contribution is 2.13. The van der Waals surface area contributed by atoms with Gasteiger partial charge in [-0.25, -0.2) is 4.79 Å². The van der Waals surface area contributed by atoms with Crippen molar-refractivity contribution in [3.63, 3.8) is 0 Å². The number of hydrogen-bond acceptors (Lipinski definition) is 7. The fraction of sp³-hybridized carbons (Fsp3) is 0.333. The van der Waals surface area contributed by atoms with E-state index in [0.717, 1.165) is 18.4 Å². The number of phenols is 1. The fourth-order valence-electron chi connectivity index (χ4n) is 2.37. The van der Waals surface area contributed by atoms with Gasteiger partial charge < -0.3 is 9.84 Å². The molecular weight excluding hydrogens is 356 g/mol. The number of aromatic hydroxyl groups is 1. The van der Waals surface area contributed by atoms with Crippen molar-refractivity contribution in [3.8, 4) is 5.75 Å². The molecule has 0 aliphatic carbocycles. The zero-order valence-electron chi connectivity index (χ0n) is 14.1. The molecule has 1 atom stereocenters. The third kappa shape index (κ3) is 7.02. The van der Waals surface area contributed by atoms with Gasteiger partial charge in [-0.1, -0.05) is 12.1 Å². The van der Waals surface area contributed by atoms with E-state index in [0.29, 0.717) is 12.0 Å². The SMILES string of the molecule is O=C(OCCCCc1ccncc1)[C@H](Cc1ccc(O)cc1)N=S(=O)=O. The number of carbonyl (C=O) groups is 1. The summed E-state index contributed by atoms with van der Waals surface area (Å²) in [6, 6.07) is 8.87. The lowest BCUT2D eigenvalue weighted by Gasteiger charge is -2.11. The van der Waals surface area contributed by atoms with Crippen molar-refractivity contribution in [3.05, 3.63) is 59.9 Å². The van der Waals surface area contributed by atoms with Crippen molar-refractivity contribution in [2.24, 2.45) is 4.36 Å². The summed E-state index contributed by atoms with van der Waals surface area (Å²) in [7, 11) is -2.71. The third-order valence-corrected chi connectivity index (χ3v) is 4.13. The summed E-state index contributed by atoms with van der Waals surface area (Å²) in [5.41, 5.74) is 1.84. The number of carbonyl (C=O) groups excluding carboxylic acids is 1. The molecule has 0 bridgehead atoms. The second-order valence-electron chi connectivity index (χ2n) is 5.69. The lowest BCUT2D eigenvalue weighted by Crippen LogP contribution is -2.24. The van der Waals surface area contributed by atoms with E-state index in [-0.39, 0.29) is 18.8 Å². The van der Waals surface area contributed by atoms with Crippen LogP contribution in [0.3, 0.4) is 0 Å². The van der Waals surface area contributed by atoms with Crippen molar-refractivity contribution >= 4 is 16.5 Å². The van der Waals surface area contributed by atoms with Gasteiger partial charge in [0.05, 0.1) is 6.61 Å². The van der Waals surface area contributed by atoms with E-state index in [2.05, 4.69) is 9.35 Å². The van der Waals surface area contributed by atoms with E-state index in [4.69, 9.17) is 4.74 Å². The number of aromatic nitrogens is 1. The summed E-state index contributed by atoms with van der Waals surface area (Å²) in [5, 5.41) is 9.28. The molecule has 0 saturated heterocycles. The second kappa shape index (κ2) is 10.3. The van der Waals surface area contributed by atoms with Crippen molar-refractivity contribution in [1.82, 2.24) is 4.98 Å². The number of hydrogen-bond donors (Lipinski definition) is 1.